The lowest BCUT2D eigenvalue weighted by Crippen LogP contribution is -2.34. The SMILES string of the molecule is CCC(=O)N1CCCc2cc(NC(=O)Oc3ccccc3)ccc21. The molecular weight excluding hydrogens is 304 g/mol. The highest BCUT2D eigenvalue weighted by Crippen LogP contribution is 2.30. The van der Waals surface area contributed by atoms with E-state index in [4.69, 9.17) is 4.74 Å². The van der Waals surface area contributed by atoms with Gasteiger partial charge in [-0.25, -0.2) is 4.79 Å². The highest BCUT2D eigenvalue weighted by atomic mass is 16.6. The molecule has 0 saturated heterocycles. The number of benzene rings is 2. The zero-order valence-corrected chi connectivity index (χ0v) is 13.6. The topological polar surface area (TPSA) is 58.6 Å². The van der Waals surface area contributed by atoms with E-state index in [1.165, 1.54) is 0 Å². The second-order valence-electron chi connectivity index (χ2n) is 5.67. The van der Waals surface area contributed by atoms with Crippen molar-refractivity contribution in [1.82, 2.24) is 0 Å². The van der Waals surface area contributed by atoms with Gasteiger partial charge in [0.2, 0.25) is 5.91 Å². The number of anilines is 2. The van der Waals surface area contributed by atoms with E-state index in [1.807, 2.05) is 30.0 Å². The molecule has 1 N–H and O–H groups in total. The van der Waals surface area contributed by atoms with Gasteiger partial charge in [-0.2, -0.15) is 0 Å². The first-order valence-corrected chi connectivity index (χ1v) is 8.14. The van der Waals surface area contributed by atoms with E-state index in [2.05, 4.69) is 5.32 Å². The molecule has 2 aromatic rings. The molecule has 0 atom stereocenters. The van der Waals surface area contributed by atoms with Crippen molar-refractivity contribution in [3.05, 3.63) is 54.1 Å². The van der Waals surface area contributed by atoms with Gasteiger partial charge in [-0.1, -0.05) is 25.1 Å². The van der Waals surface area contributed by atoms with Crippen LogP contribution in [0.1, 0.15) is 25.3 Å². The third-order valence-electron chi connectivity index (χ3n) is 4.00. The van der Waals surface area contributed by atoms with E-state index in [0.717, 1.165) is 30.6 Å². The van der Waals surface area contributed by atoms with Gasteiger partial charge in [0.05, 0.1) is 0 Å². The van der Waals surface area contributed by atoms with Crippen LogP contribution in [0.2, 0.25) is 0 Å². The van der Waals surface area contributed by atoms with Crippen LogP contribution >= 0.6 is 0 Å². The summed E-state index contributed by atoms with van der Waals surface area (Å²) in [5.74, 6) is 0.618. The number of para-hydroxylation sites is 1. The first kappa shape index (κ1) is 16.1. The Labute approximate surface area is 141 Å². The molecule has 0 aliphatic carbocycles. The summed E-state index contributed by atoms with van der Waals surface area (Å²) < 4.78 is 5.22. The molecule has 24 heavy (non-hydrogen) atoms. The Hall–Kier alpha value is -2.82. The van der Waals surface area contributed by atoms with E-state index in [1.54, 1.807) is 30.3 Å². The predicted molar refractivity (Wildman–Crippen MR) is 93.5 cm³/mol. The molecular formula is C19H20N2O3. The maximum atomic E-state index is 12.0. The standard InChI is InChI=1S/C19H20N2O3/c1-2-18(22)21-12-6-7-14-13-15(10-11-17(14)21)20-19(23)24-16-8-4-3-5-9-16/h3-5,8-11,13H,2,6-7,12H2,1H3,(H,20,23). The predicted octanol–water partition coefficient (Wildman–Crippen LogP) is 3.99. The smallest absolute Gasteiger partial charge is 0.410 e. The van der Waals surface area contributed by atoms with Crippen molar-refractivity contribution in [1.29, 1.82) is 0 Å². The van der Waals surface area contributed by atoms with Crippen molar-refractivity contribution in [3.63, 3.8) is 0 Å². The van der Waals surface area contributed by atoms with E-state index in [9.17, 15) is 9.59 Å². The van der Waals surface area contributed by atoms with Crippen molar-refractivity contribution in [2.24, 2.45) is 0 Å². The lowest BCUT2D eigenvalue weighted by atomic mass is 10.0. The maximum absolute atomic E-state index is 12.0. The van der Waals surface area contributed by atoms with Crippen LogP contribution in [0.25, 0.3) is 0 Å². The molecule has 2 aromatic carbocycles. The Morgan fingerprint density at radius 2 is 1.96 bits per heavy atom. The molecule has 2 amide bonds. The molecule has 124 valence electrons. The zero-order valence-electron chi connectivity index (χ0n) is 13.6. The summed E-state index contributed by atoms with van der Waals surface area (Å²) in [4.78, 5) is 25.8. The molecule has 0 radical (unpaired) electrons. The summed E-state index contributed by atoms with van der Waals surface area (Å²) in [6.45, 7) is 2.62. The fourth-order valence-corrected chi connectivity index (χ4v) is 2.86. The summed E-state index contributed by atoms with van der Waals surface area (Å²) >= 11 is 0. The Kier molecular flexibility index (Phi) is 4.79. The third kappa shape index (κ3) is 3.56. The fraction of sp³-hybridized carbons (Fsp3) is 0.263. The van der Waals surface area contributed by atoms with Gasteiger partial charge in [-0.05, 0) is 48.7 Å². The van der Waals surface area contributed by atoms with Crippen molar-refractivity contribution in [2.75, 3.05) is 16.8 Å². The van der Waals surface area contributed by atoms with Crippen molar-refractivity contribution in [2.45, 2.75) is 26.2 Å². The number of fused-ring (bicyclic) bond motifs is 1. The van der Waals surface area contributed by atoms with Gasteiger partial charge in [0.1, 0.15) is 5.75 Å². The Balaban J connectivity index is 1.72. The molecule has 1 heterocycles. The number of hydrogen-bond acceptors (Lipinski definition) is 3. The van der Waals surface area contributed by atoms with E-state index in [0.29, 0.717) is 17.9 Å². The van der Waals surface area contributed by atoms with Crippen LogP contribution in [-0.4, -0.2) is 18.5 Å². The number of carbonyl (C=O) groups is 2. The second kappa shape index (κ2) is 7.17. The zero-order chi connectivity index (χ0) is 16.9. The molecule has 0 bridgehead atoms. The van der Waals surface area contributed by atoms with Gasteiger partial charge in [0, 0.05) is 24.3 Å². The number of hydrogen-bond donors (Lipinski definition) is 1. The molecule has 0 saturated carbocycles. The monoisotopic (exact) mass is 324 g/mol. The Morgan fingerprint density at radius 1 is 1.17 bits per heavy atom. The highest BCUT2D eigenvalue weighted by Gasteiger charge is 2.21. The van der Waals surface area contributed by atoms with Crippen LogP contribution in [0, 0.1) is 0 Å². The average molecular weight is 324 g/mol. The lowest BCUT2D eigenvalue weighted by Gasteiger charge is -2.29. The largest absolute Gasteiger partial charge is 0.417 e. The summed E-state index contributed by atoms with van der Waals surface area (Å²) in [6, 6.07) is 14.5. The summed E-state index contributed by atoms with van der Waals surface area (Å²) in [6.07, 6.45) is 1.78. The van der Waals surface area contributed by atoms with E-state index < -0.39 is 6.09 Å². The van der Waals surface area contributed by atoms with Crippen LogP contribution in [0.15, 0.2) is 48.5 Å². The number of nitrogens with one attached hydrogen (secondary N) is 1. The van der Waals surface area contributed by atoms with Crippen LogP contribution in [0.3, 0.4) is 0 Å². The molecule has 1 aliphatic rings. The molecule has 1 aliphatic heterocycles. The number of ether oxygens (including phenoxy) is 1. The van der Waals surface area contributed by atoms with Gasteiger partial charge in [-0.15, -0.1) is 0 Å². The molecule has 5 nitrogen and oxygen atoms in total. The molecule has 0 aromatic heterocycles. The van der Waals surface area contributed by atoms with Crippen molar-refractivity contribution in [3.8, 4) is 5.75 Å². The number of rotatable bonds is 3. The number of aryl methyl sites for hydroxylation is 1. The molecule has 0 spiro atoms. The second-order valence-corrected chi connectivity index (χ2v) is 5.67. The van der Waals surface area contributed by atoms with E-state index >= 15 is 0 Å². The normalized spacial score (nSPS) is 13.1. The first-order valence-electron chi connectivity index (χ1n) is 8.14. The average Bonchev–Trinajstić information content (AvgIpc) is 2.61. The molecule has 0 unspecified atom stereocenters. The molecule has 3 rings (SSSR count). The highest BCUT2D eigenvalue weighted by molar-refractivity contribution is 5.95. The molecule has 5 heteroatoms. The van der Waals surface area contributed by atoms with Gasteiger partial charge >= 0.3 is 6.09 Å². The fourth-order valence-electron chi connectivity index (χ4n) is 2.86. The minimum Gasteiger partial charge on any atom is -0.410 e. The third-order valence-corrected chi connectivity index (χ3v) is 4.00. The van der Waals surface area contributed by atoms with Crippen LogP contribution in [0.4, 0.5) is 16.2 Å². The Morgan fingerprint density at radius 3 is 2.71 bits per heavy atom. The molecule has 0 fully saturated rings. The lowest BCUT2D eigenvalue weighted by molar-refractivity contribution is -0.118. The van der Waals surface area contributed by atoms with Crippen molar-refractivity contribution >= 4 is 23.4 Å². The Bertz CT molecular complexity index is 744. The summed E-state index contributed by atoms with van der Waals surface area (Å²) in [5, 5.41) is 2.73. The summed E-state index contributed by atoms with van der Waals surface area (Å²) in [7, 11) is 0. The van der Waals surface area contributed by atoms with Gasteiger partial charge in [0.25, 0.3) is 0 Å². The minimum atomic E-state index is -0.529. The first-order chi connectivity index (χ1) is 11.7. The van der Waals surface area contributed by atoms with Gasteiger partial charge < -0.3 is 9.64 Å². The van der Waals surface area contributed by atoms with Crippen LogP contribution in [0.5, 0.6) is 5.75 Å². The quantitative estimate of drug-likeness (QED) is 0.929. The number of carbonyl (C=O) groups excluding carboxylic acids is 2. The van der Waals surface area contributed by atoms with Gasteiger partial charge in [0.15, 0.2) is 0 Å². The van der Waals surface area contributed by atoms with Gasteiger partial charge in [-0.3, -0.25) is 10.1 Å². The van der Waals surface area contributed by atoms with Crippen LogP contribution < -0.4 is 15.0 Å². The summed E-state index contributed by atoms with van der Waals surface area (Å²) in [5.41, 5.74) is 2.68. The number of nitrogens with zero attached hydrogens (tertiary/aromatic N) is 1. The van der Waals surface area contributed by atoms with Crippen molar-refractivity contribution < 1.29 is 14.3 Å². The van der Waals surface area contributed by atoms with Crippen LogP contribution in [-0.2, 0) is 11.2 Å². The maximum Gasteiger partial charge on any atom is 0.417 e. The minimum absolute atomic E-state index is 0.125. The van der Waals surface area contributed by atoms with E-state index in [-0.39, 0.29) is 5.91 Å². The number of amides is 2.